The molecule has 0 aliphatic carbocycles. The van der Waals surface area contributed by atoms with E-state index in [0.717, 1.165) is 5.56 Å². The van der Waals surface area contributed by atoms with Gasteiger partial charge in [0.2, 0.25) is 5.91 Å². The molecule has 0 radical (unpaired) electrons. The number of aromatic nitrogens is 3. The first-order chi connectivity index (χ1) is 15.5. The van der Waals surface area contributed by atoms with Crippen LogP contribution in [-0.2, 0) is 24.4 Å². The zero-order valence-electron chi connectivity index (χ0n) is 17.8. The van der Waals surface area contributed by atoms with Crippen molar-refractivity contribution in [3.05, 3.63) is 71.3 Å². The van der Waals surface area contributed by atoms with E-state index in [-0.39, 0.29) is 29.9 Å². The van der Waals surface area contributed by atoms with Gasteiger partial charge in [-0.2, -0.15) is 0 Å². The van der Waals surface area contributed by atoms with Gasteiger partial charge in [-0.15, -0.1) is 10.2 Å². The van der Waals surface area contributed by atoms with E-state index in [1.165, 1.54) is 23.9 Å². The average molecular weight is 458 g/mol. The number of nitrogens with zero attached hydrogens (tertiary/aromatic N) is 3. The van der Waals surface area contributed by atoms with Gasteiger partial charge in [0.15, 0.2) is 11.0 Å². The van der Waals surface area contributed by atoms with Gasteiger partial charge >= 0.3 is 0 Å². The van der Waals surface area contributed by atoms with Gasteiger partial charge in [-0.25, -0.2) is 4.39 Å². The first kappa shape index (κ1) is 23.3. The van der Waals surface area contributed by atoms with E-state index < -0.39 is 0 Å². The minimum Gasteiger partial charge on any atom is -0.497 e. The molecule has 0 aliphatic heterocycles. The van der Waals surface area contributed by atoms with E-state index in [9.17, 15) is 14.0 Å². The minimum absolute atomic E-state index is 0.162. The lowest BCUT2D eigenvalue weighted by atomic mass is 10.2. The second kappa shape index (κ2) is 11.3. The number of methoxy groups -OCH3 is 1. The lowest BCUT2D eigenvalue weighted by molar-refractivity contribution is -0.118. The summed E-state index contributed by atoms with van der Waals surface area (Å²) in [6.45, 7) is 3.06. The zero-order chi connectivity index (χ0) is 22.9. The van der Waals surface area contributed by atoms with Crippen LogP contribution in [-0.4, -0.2) is 39.4 Å². The van der Waals surface area contributed by atoms with Crippen LogP contribution in [0.5, 0.6) is 5.75 Å². The third kappa shape index (κ3) is 6.30. The Balaban J connectivity index is 1.51. The molecular weight excluding hydrogens is 433 g/mol. The third-order valence-electron chi connectivity index (χ3n) is 4.58. The van der Waals surface area contributed by atoms with Crippen molar-refractivity contribution in [2.24, 2.45) is 0 Å². The Kier molecular flexibility index (Phi) is 8.20. The molecule has 0 unspecified atom stereocenters. The fourth-order valence-corrected chi connectivity index (χ4v) is 3.74. The van der Waals surface area contributed by atoms with E-state index >= 15 is 0 Å². The van der Waals surface area contributed by atoms with Gasteiger partial charge < -0.3 is 19.9 Å². The van der Waals surface area contributed by atoms with Crippen molar-refractivity contribution >= 4 is 23.6 Å². The largest absolute Gasteiger partial charge is 0.497 e. The van der Waals surface area contributed by atoms with Crippen LogP contribution in [0.2, 0.25) is 0 Å². The molecule has 168 valence electrons. The van der Waals surface area contributed by atoms with Gasteiger partial charge in [0.25, 0.3) is 5.91 Å². The topological polar surface area (TPSA) is 98.1 Å². The predicted molar refractivity (Wildman–Crippen MR) is 119 cm³/mol. The number of rotatable bonds is 10. The van der Waals surface area contributed by atoms with Crippen molar-refractivity contribution < 1.29 is 18.7 Å². The molecule has 2 N–H and O–H groups in total. The van der Waals surface area contributed by atoms with Crippen molar-refractivity contribution in [3.63, 3.8) is 0 Å². The van der Waals surface area contributed by atoms with E-state index in [0.29, 0.717) is 35.4 Å². The first-order valence-corrected chi connectivity index (χ1v) is 11.0. The molecule has 0 fully saturated rings. The van der Waals surface area contributed by atoms with Crippen LogP contribution in [0.1, 0.15) is 28.7 Å². The molecule has 0 saturated heterocycles. The molecular formula is C22H24FN5O3S. The van der Waals surface area contributed by atoms with Crippen molar-refractivity contribution in [3.8, 4) is 5.75 Å². The molecule has 2 aromatic carbocycles. The molecule has 8 nitrogen and oxygen atoms in total. The summed E-state index contributed by atoms with van der Waals surface area (Å²) in [5, 5.41) is 14.5. The second-order valence-corrected chi connectivity index (χ2v) is 7.69. The molecule has 2 amide bonds. The highest BCUT2D eigenvalue weighted by Gasteiger charge is 2.15. The number of carbonyl (C=O) groups is 2. The van der Waals surface area contributed by atoms with Crippen LogP contribution < -0.4 is 15.4 Å². The normalized spacial score (nSPS) is 10.6. The van der Waals surface area contributed by atoms with Crippen molar-refractivity contribution in [2.75, 3.05) is 12.9 Å². The summed E-state index contributed by atoms with van der Waals surface area (Å²) >= 11 is 1.26. The number of amides is 2. The molecule has 32 heavy (non-hydrogen) atoms. The summed E-state index contributed by atoms with van der Waals surface area (Å²) in [6, 6.07) is 12.8. The van der Waals surface area contributed by atoms with Crippen LogP contribution in [0.25, 0.3) is 0 Å². The summed E-state index contributed by atoms with van der Waals surface area (Å²) in [5.74, 6) is 0.630. The Morgan fingerprint density at radius 2 is 1.88 bits per heavy atom. The van der Waals surface area contributed by atoms with Gasteiger partial charge in [-0.1, -0.05) is 30.0 Å². The average Bonchev–Trinajstić information content (AvgIpc) is 3.22. The SMILES string of the molecule is CCn1c(CNC(=O)c2cccc(OC)c2)nnc1SCC(=O)NCc1ccc(F)cc1. The second-order valence-electron chi connectivity index (χ2n) is 6.75. The standard InChI is InChI=1S/C22H24FN5O3S/c1-3-28-19(13-25-21(30)16-5-4-6-18(11-16)31-2)26-27-22(28)32-14-20(29)24-12-15-7-9-17(23)10-8-15/h4-11H,3,12-14H2,1-2H3,(H,24,29)(H,25,30). The van der Waals surface area contributed by atoms with Gasteiger partial charge in [-0.3, -0.25) is 9.59 Å². The first-order valence-electron chi connectivity index (χ1n) is 9.98. The van der Waals surface area contributed by atoms with Crippen LogP contribution in [0.15, 0.2) is 53.7 Å². The number of carbonyl (C=O) groups excluding carboxylic acids is 2. The summed E-state index contributed by atoms with van der Waals surface area (Å²) in [6.07, 6.45) is 0. The Bertz CT molecular complexity index is 1070. The molecule has 0 atom stereocenters. The Morgan fingerprint density at radius 1 is 1.09 bits per heavy atom. The lowest BCUT2D eigenvalue weighted by Crippen LogP contribution is -2.25. The number of halogens is 1. The molecule has 3 aromatic rings. The molecule has 0 aliphatic rings. The number of thioether (sulfide) groups is 1. The maximum absolute atomic E-state index is 12.9. The van der Waals surface area contributed by atoms with Gasteiger partial charge in [0.05, 0.1) is 19.4 Å². The quantitative estimate of drug-likeness (QED) is 0.455. The Hall–Kier alpha value is -3.40. The van der Waals surface area contributed by atoms with Crippen LogP contribution >= 0.6 is 11.8 Å². The van der Waals surface area contributed by atoms with E-state index in [1.807, 2.05) is 11.5 Å². The monoisotopic (exact) mass is 457 g/mol. The van der Waals surface area contributed by atoms with Gasteiger partial charge in [0, 0.05) is 18.7 Å². The molecule has 0 bridgehead atoms. The molecule has 1 aromatic heterocycles. The van der Waals surface area contributed by atoms with E-state index in [1.54, 1.807) is 43.5 Å². The number of nitrogens with one attached hydrogen (secondary N) is 2. The maximum Gasteiger partial charge on any atom is 0.251 e. The fourth-order valence-electron chi connectivity index (χ4n) is 2.88. The third-order valence-corrected chi connectivity index (χ3v) is 5.55. The van der Waals surface area contributed by atoms with Gasteiger partial charge in [-0.05, 0) is 42.8 Å². The van der Waals surface area contributed by atoms with Crippen LogP contribution in [0, 0.1) is 5.82 Å². The lowest BCUT2D eigenvalue weighted by Gasteiger charge is -2.09. The Morgan fingerprint density at radius 3 is 2.59 bits per heavy atom. The van der Waals surface area contributed by atoms with Crippen LogP contribution in [0.4, 0.5) is 4.39 Å². The summed E-state index contributed by atoms with van der Waals surface area (Å²) < 4.78 is 19.9. The van der Waals surface area contributed by atoms with Crippen molar-refractivity contribution in [1.82, 2.24) is 25.4 Å². The fraction of sp³-hybridized carbons (Fsp3) is 0.273. The molecule has 3 rings (SSSR count). The number of hydrogen-bond donors (Lipinski definition) is 2. The minimum atomic E-state index is -0.315. The smallest absolute Gasteiger partial charge is 0.251 e. The number of hydrogen-bond acceptors (Lipinski definition) is 6. The van der Waals surface area contributed by atoms with Crippen LogP contribution in [0.3, 0.4) is 0 Å². The van der Waals surface area contributed by atoms with Gasteiger partial charge in [0.1, 0.15) is 11.6 Å². The zero-order valence-corrected chi connectivity index (χ0v) is 18.6. The number of ether oxygens (including phenoxy) is 1. The number of benzene rings is 2. The van der Waals surface area contributed by atoms with E-state index in [4.69, 9.17) is 4.74 Å². The summed E-state index contributed by atoms with van der Waals surface area (Å²) in [5.41, 5.74) is 1.30. The molecule has 0 saturated carbocycles. The molecule has 10 heteroatoms. The highest BCUT2D eigenvalue weighted by molar-refractivity contribution is 7.99. The highest BCUT2D eigenvalue weighted by atomic mass is 32.2. The molecule has 0 spiro atoms. The van der Waals surface area contributed by atoms with Crippen molar-refractivity contribution in [1.29, 1.82) is 0 Å². The van der Waals surface area contributed by atoms with Crippen molar-refractivity contribution in [2.45, 2.75) is 31.7 Å². The predicted octanol–water partition coefficient (Wildman–Crippen LogP) is 2.78. The highest BCUT2D eigenvalue weighted by Crippen LogP contribution is 2.17. The summed E-state index contributed by atoms with van der Waals surface area (Å²) in [7, 11) is 1.54. The molecule has 1 heterocycles. The maximum atomic E-state index is 12.9. The van der Waals surface area contributed by atoms with E-state index in [2.05, 4.69) is 20.8 Å². The summed E-state index contributed by atoms with van der Waals surface area (Å²) in [4.78, 5) is 24.6. The Labute approximate surface area is 189 Å².